The maximum Gasteiger partial charge on any atom is 0.326 e. The first kappa shape index (κ1) is 16.9. The van der Waals surface area contributed by atoms with Crippen LogP contribution < -0.4 is 9.47 Å². The summed E-state index contributed by atoms with van der Waals surface area (Å²) in [6, 6.07) is 4.60. The van der Waals surface area contributed by atoms with Gasteiger partial charge in [0.15, 0.2) is 0 Å². The highest BCUT2D eigenvalue weighted by molar-refractivity contribution is 5.95. The molecular formula is C17H21NO5. The van der Waals surface area contributed by atoms with Crippen LogP contribution in [0.3, 0.4) is 0 Å². The van der Waals surface area contributed by atoms with Gasteiger partial charge in [-0.1, -0.05) is 0 Å². The van der Waals surface area contributed by atoms with E-state index in [2.05, 4.69) is 0 Å². The molecule has 1 heterocycles. The summed E-state index contributed by atoms with van der Waals surface area (Å²) in [4.78, 5) is 24.8. The maximum atomic E-state index is 12.2. The van der Waals surface area contributed by atoms with E-state index in [4.69, 9.17) is 14.6 Å². The number of benzene rings is 1. The van der Waals surface area contributed by atoms with Crippen LogP contribution in [0.15, 0.2) is 24.3 Å². The van der Waals surface area contributed by atoms with E-state index in [1.807, 2.05) is 6.92 Å². The molecule has 1 amide bonds. The van der Waals surface area contributed by atoms with Gasteiger partial charge in [-0.05, 0) is 38.0 Å². The highest BCUT2D eigenvalue weighted by atomic mass is 16.5. The molecule has 0 bridgehead atoms. The third-order valence-electron chi connectivity index (χ3n) is 3.75. The number of hydrogen-bond donors (Lipinski definition) is 1. The Balaban J connectivity index is 2.16. The van der Waals surface area contributed by atoms with E-state index in [1.54, 1.807) is 31.4 Å². The summed E-state index contributed by atoms with van der Waals surface area (Å²) in [5.41, 5.74) is 0.743. The largest absolute Gasteiger partial charge is 0.497 e. The summed E-state index contributed by atoms with van der Waals surface area (Å²) in [7, 11) is 1.57. The first-order chi connectivity index (χ1) is 11.1. The summed E-state index contributed by atoms with van der Waals surface area (Å²) < 4.78 is 10.7. The number of ether oxygens (including phenoxy) is 2. The van der Waals surface area contributed by atoms with Crippen LogP contribution in [0.5, 0.6) is 11.5 Å². The van der Waals surface area contributed by atoms with Crippen LogP contribution in [-0.2, 0) is 9.59 Å². The monoisotopic (exact) mass is 319 g/mol. The SMILES string of the molecule is CCOc1cc(OC)ccc1/C=C/C(=O)N1CCCC1C(=O)O. The lowest BCUT2D eigenvalue weighted by molar-refractivity contribution is -0.146. The molecule has 1 aliphatic heterocycles. The van der Waals surface area contributed by atoms with E-state index in [0.717, 1.165) is 5.56 Å². The molecule has 1 N–H and O–H groups in total. The van der Waals surface area contributed by atoms with Gasteiger partial charge in [-0.25, -0.2) is 4.79 Å². The van der Waals surface area contributed by atoms with Crippen LogP contribution in [0.2, 0.25) is 0 Å². The third-order valence-corrected chi connectivity index (χ3v) is 3.75. The lowest BCUT2D eigenvalue weighted by atomic mass is 10.1. The number of carbonyl (C=O) groups is 2. The fraction of sp³-hybridized carbons (Fsp3) is 0.412. The number of aliphatic carboxylic acids is 1. The molecular weight excluding hydrogens is 298 g/mol. The van der Waals surface area contributed by atoms with Crippen molar-refractivity contribution in [2.75, 3.05) is 20.3 Å². The summed E-state index contributed by atoms with van der Waals surface area (Å²) in [5, 5.41) is 9.14. The van der Waals surface area contributed by atoms with Gasteiger partial charge in [-0.2, -0.15) is 0 Å². The second-order valence-electron chi connectivity index (χ2n) is 5.20. The Bertz CT molecular complexity index is 611. The van der Waals surface area contributed by atoms with Crippen molar-refractivity contribution in [3.63, 3.8) is 0 Å². The molecule has 1 aromatic rings. The van der Waals surface area contributed by atoms with Crippen LogP contribution in [0.25, 0.3) is 6.08 Å². The zero-order chi connectivity index (χ0) is 16.8. The van der Waals surface area contributed by atoms with Crippen LogP contribution >= 0.6 is 0 Å². The van der Waals surface area contributed by atoms with Crippen molar-refractivity contribution in [1.29, 1.82) is 0 Å². The standard InChI is InChI=1S/C17H21NO5/c1-3-23-15-11-13(22-2)8-6-12(15)7-9-16(19)18-10-4-5-14(18)17(20)21/h6-9,11,14H,3-5,10H2,1-2H3,(H,20,21)/b9-7+. The van der Waals surface area contributed by atoms with Gasteiger partial charge >= 0.3 is 5.97 Å². The van der Waals surface area contributed by atoms with Gasteiger partial charge in [0, 0.05) is 24.3 Å². The summed E-state index contributed by atoms with van der Waals surface area (Å²) in [6.07, 6.45) is 4.25. The predicted octanol–water partition coefficient (Wildman–Crippen LogP) is 2.18. The molecule has 1 aromatic carbocycles. The zero-order valence-corrected chi connectivity index (χ0v) is 13.3. The van der Waals surface area contributed by atoms with Crippen LogP contribution in [0.1, 0.15) is 25.3 Å². The van der Waals surface area contributed by atoms with E-state index in [0.29, 0.717) is 37.5 Å². The molecule has 0 spiro atoms. The fourth-order valence-corrected chi connectivity index (χ4v) is 2.60. The van der Waals surface area contributed by atoms with Crippen molar-refractivity contribution < 1.29 is 24.2 Å². The normalized spacial score (nSPS) is 17.5. The molecule has 6 heteroatoms. The van der Waals surface area contributed by atoms with Gasteiger partial charge in [0.05, 0.1) is 13.7 Å². The Kier molecular flexibility index (Phi) is 5.62. The number of amides is 1. The minimum atomic E-state index is -0.955. The highest BCUT2D eigenvalue weighted by Crippen LogP contribution is 2.26. The van der Waals surface area contributed by atoms with Gasteiger partial charge in [-0.15, -0.1) is 0 Å². The van der Waals surface area contributed by atoms with Crippen molar-refractivity contribution in [3.05, 3.63) is 29.8 Å². The molecule has 1 atom stereocenters. The Morgan fingerprint density at radius 1 is 1.43 bits per heavy atom. The lowest BCUT2D eigenvalue weighted by Gasteiger charge is -2.19. The molecule has 1 saturated heterocycles. The average molecular weight is 319 g/mol. The van der Waals surface area contributed by atoms with Crippen molar-refractivity contribution in [2.24, 2.45) is 0 Å². The zero-order valence-electron chi connectivity index (χ0n) is 13.3. The Morgan fingerprint density at radius 3 is 2.87 bits per heavy atom. The van der Waals surface area contributed by atoms with Crippen molar-refractivity contribution in [1.82, 2.24) is 4.90 Å². The van der Waals surface area contributed by atoms with E-state index in [1.165, 1.54) is 11.0 Å². The summed E-state index contributed by atoms with van der Waals surface area (Å²) in [5.74, 6) is 0.0337. The predicted molar refractivity (Wildman–Crippen MR) is 85.6 cm³/mol. The number of carboxylic acids is 1. The van der Waals surface area contributed by atoms with Crippen LogP contribution in [-0.4, -0.2) is 48.2 Å². The van der Waals surface area contributed by atoms with Crippen molar-refractivity contribution >= 4 is 18.0 Å². The number of rotatable bonds is 6. The quantitative estimate of drug-likeness (QED) is 0.813. The van der Waals surface area contributed by atoms with Crippen LogP contribution in [0.4, 0.5) is 0 Å². The van der Waals surface area contributed by atoms with Gasteiger partial charge in [0.1, 0.15) is 17.5 Å². The fourth-order valence-electron chi connectivity index (χ4n) is 2.60. The minimum absolute atomic E-state index is 0.298. The molecule has 1 fully saturated rings. The average Bonchev–Trinajstić information content (AvgIpc) is 3.03. The molecule has 0 radical (unpaired) electrons. The molecule has 2 rings (SSSR count). The minimum Gasteiger partial charge on any atom is -0.497 e. The van der Waals surface area contributed by atoms with E-state index in [9.17, 15) is 9.59 Å². The van der Waals surface area contributed by atoms with Gasteiger partial charge < -0.3 is 19.5 Å². The molecule has 1 unspecified atom stereocenters. The van der Waals surface area contributed by atoms with Gasteiger partial charge in [-0.3, -0.25) is 4.79 Å². The smallest absolute Gasteiger partial charge is 0.326 e. The number of nitrogens with zero attached hydrogens (tertiary/aromatic N) is 1. The molecule has 0 aliphatic carbocycles. The molecule has 0 aromatic heterocycles. The number of carboxylic acid groups (broad SMARTS) is 1. The van der Waals surface area contributed by atoms with Crippen LogP contribution in [0, 0.1) is 0 Å². The number of methoxy groups -OCH3 is 1. The van der Waals surface area contributed by atoms with E-state index >= 15 is 0 Å². The second kappa shape index (κ2) is 7.67. The highest BCUT2D eigenvalue weighted by Gasteiger charge is 2.32. The Hall–Kier alpha value is -2.50. The Morgan fingerprint density at radius 2 is 2.22 bits per heavy atom. The summed E-state index contributed by atoms with van der Waals surface area (Å²) in [6.45, 7) is 2.84. The molecule has 124 valence electrons. The maximum absolute atomic E-state index is 12.2. The first-order valence-electron chi connectivity index (χ1n) is 7.59. The summed E-state index contributed by atoms with van der Waals surface area (Å²) >= 11 is 0. The Labute approximate surface area is 135 Å². The second-order valence-corrected chi connectivity index (χ2v) is 5.20. The topological polar surface area (TPSA) is 76.1 Å². The van der Waals surface area contributed by atoms with E-state index < -0.39 is 12.0 Å². The number of likely N-dealkylation sites (tertiary alicyclic amines) is 1. The molecule has 6 nitrogen and oxygen atoms in total. The first-order valence-corrected chi connectivity index (χ1v) is 7.59. The van der Waals surface area contributed by atoms with Gasteiger partial charge in [0.25, 0.3) is 0 Å². The van der Waals surface area contributed by atoms with Crippen molar-refractivity contribution in [2.45, 2.75) is 25.8 Å². The van der Waals surface area contributed by atoms with Gasteiger partial charge in [0.2, 0.25) is 5.91 Å². The number of carbonyl (C=O) groups excluding carboxylic acids is 1. The lowest BCUT2D eigenvalue weighted by Crippen LogP contribution is -2.39. The van der Waals surface area contributed by atoms with Crippen molar-refractivity contribution in [3.8, 4) is 11.5 Å². The molecule has 1 aliphatic rings. The van der Waals surface area contributed by atoms with E-state index in [-0.39, 0.29) is 5.91 Å². The third kappa shape index (κ3) is 4.03. The molecule has 0 saturated carbocycles. The molecule has 23 heavy (non-hydrogen) atoms. The number of hydrogen-bond acceptors (Lipinski definition) is 4.